The van der Waals surface area contributed by atoms with Crippen LogP contribution in [0.4, 0.5) is 0 Å². The van der Waals surface area contributed by atoms with Gasteiger partial charge in [0.1, 0.15) is 12.4 Å². The molecule has 18 heavy (non-hydrogen) atoms. The molecule has 1 rings (SSSR count). The van der Waals surface area contributed by atoms with Gasteiger partial charge in [0, 0.05) is 0 Å². The Morgan fingerprint density at radius 2 is 2.06 bits per heavy atom. The van der Waals surface area contributed by atoms with Crippen molar-refractivity contribution in [3.05, 3.63) is 29.3 Å². The summed E-state index contributed by atoms with van der Waals surface area (Å²) >= 11 is 0. The van der Waals surface area contributed by atoms with Crippen molar-refractivity contribution in [3.8, 4) is 5.75 Å². The third-order valence-corrected chi connectivity index (χ3v) is 3.28. The highest BCUT2D eigenvalue weighted by Crippen LogP contribution is 2.24. The minimum absolute atomic E-state index is 0.0332. The summed E-state index contributed by atoms with van der Waals surface area (Å²) in [6.45, 7) is 9.24. The third kappa shape index (κ3) is 3.57. The van der Waals surface area contributed by atoms with Crippen LogP contribution in [0.1, 0.15) is 43.6 Å². The van der Waals surface area contributed by atoms with E-state index < -0.39 is 5.60 Å². The van der Waals surface area contributed by atoms with Gasteiger partial charge < -0.3 is 9.84 Å². The Labute approximate surface area is 109 Å². The molecule has 1 N–H and O–H groups in total. The standard InChI is InChI=1S/C15H22O3/c1-10(2)15(5,17)9-18-14-8-11(3)6-7-13(14)12(4)16/h6-8,10,17H,9H2,1-5H3. The molecule has 1 unspecified atom stereocenters. The highest BCUT2D eigenvalue weighted by Gasteiger charge is 2.26. The van der Waals surface area contributed by atoms with E-state index in [1.807, 2.05) is 32.9 Å². The fourth-order valence-corrected chi connectivity index (χ4v) is 1.43. The van der Waals surface area contributed by atoms with Crippen molar-refractivity contribution < 1.29 is 14.6 Å². The van der Waals surface area contributed by atoms with Crippen LogP contribution in [0, 0.1) is 12.8 Å². The van der Waals surface area contributed by atoms with Crippen LogP contribution in [0.25, 0.3) is 0 Å². The van der Waals surface area contributed by atoms with E-state index in [-0.39, 0.29) is 18.3 Å². The van der Waals surface area contributed by atoms with Crippen LogP contribution in [-0.4, -0.2) is 23.1 Å². The Kier molecular flexibility index (Phi) is 4.52. The summed E-state index contributed by atoms with van der Waals surface area (Å²) in [4.78, 5) is 11.5. The number of rotatable bonds is 5. The van der Waals surface area contributed by atoms with Crippen molar-refractivity contribution in [1.82, 2.24) is 0 Å². The van der Waals surface area contributed by atoms with Crippen LogP contribution in [0.5, 0.6) is 5.75 Å². The molecular formula is C15H22O3. The lowest BCUT2D eigenvalue weighted by Crippen LogP contribution is -2.38. The molecular weight excluding hydrogens is 228 g/mol. The van der Waals surface area contributed by atoms with Crippen LogP contribution in [0.3, 0.4) is 0 Å². The minimum Gasteiger partial charge on any atom is -0.490 e. The van der Waals surface area contributed by atoms with Crippen molar-refractivity contribution in [2.45, 2.75) is 40.2 Å². The number of carbonyl (C=O) groups is 1. The van der Waals surface area contributed by atoms with Crippen molar-refractivity contribution in [2.75, 3.05) is 6.61 Å². The number of hydrogen-bond acceptors (Lipinski definition) is 3. The second-order valence-electron chi connectivity index (χ2n) is 5.36. The number of ether oxygens (including phenoxy) is 1. The van der Waals surface area contributed by atoms with Gasteiger partial charge in [0.25, 0.3) is 0 Å². The average molecular weight is 250 g/mol. The summed E-state index contributed by atoms with van der Waals surface area (Å²) in [5, 5.41) is 10.1. The predicted molar refractivity (Wildman–Crippen MR) is 72.1 cm³/mol. The normalized spacial score (nSPS) is 14.4. The topological polar surface area (TPSA) is 46.5 Å². The van der Waals surface area contributed by atoms with Crippen LogP contribution in [0.15, 0.2) is 18.2 Å². The fourth-order valence-electron chi connectivity index (χ4n) is 1.43. The highest BCUT2D eigenvalue weighted by molar-refractivity contribution is 5.96. The fraction of sp³-hybridized carbons (Fsp3) is 0.533. The molecule has 0 spiro atoms. The van der Waals surface area contributed by atoms with Crippen LogP contribution < -0.4 is 4.74 Å². The molecule has 100 valence electrons. The zero-order chi connectivity index (χ0) is 13.9. The van der Waals surface area contributed by atoms with E-state index in [2.05, 4.69) is 0 Å². The molecule has 0 fully saturated rings. The van der Waals surface area contributed by atoms with E-state index in [1.165, 1.54) is 6.92 Å². The summed E-state index contributed by atoms with van der Waals surface area (Å²) < 4.78 is 5.63. The lowest BCUT2D eigenvalue weighted by molar-refractivity contribution is -0.0268. The number of ketones is 1. The molecule has 0 saturated carbocycles. The van der Waals surface area contributed by atoms with Crippen molar-refractivity contribution >= 4 is 5.78 Å². The van der Waals surface area contributed by atoms with Crippen molar-refractivity contribution in [3.63, 3.8) is 0 Å². The smallest absolute Gasteiger partial charge is 0.163 e. The Balaban J connectivity index is 2.90. The van der Waals surface area contributed by atoms with E-state index in [0.717, 1.165) is 5.56 Å². The molecule has 1 aromatic carbocycles. The summed E-state index contributed by atoms with van der Waals surface area (Å²) in [6, 6.07) is 5.47. The van der Waals surface area contributed by atoms with Crippen molar-refractivity contribution in [1.29, 1.82) is 0 Å². The van der Waals surface area contributed by atoms with E-state index in [0.29, 0.717) is 11.3 Å². The molecule has 1 atom stereocenters. The van der Waals surface area contributed by atoms with Gasteiger partial charge in [-0.05, 0) is 44.4 Å². The first-order valence-electron chi connectivity index (χ1n) is 6.21. The van der Waals surface area contributed by atoms with Gasteiger partial charge in [0.15, 0.2) is 5.78 Å². The summed E-state index contributed by atoms with van der Waals surface area (Å²) in [7, 11) is 0. The number of benzene rings is 1. The molecule has 3 nitrogen and oxygen atoms in total. The van der Waals surface area contributed by atoms with E-state index >= 15 is 0 Å². The second kappa shape index (κ2) is 5.53. The van der Waals surface area contributed by atoms with Crippen LogP contribution in [0.2, 0.25) is 0 Å². The maximum absolute atomic E-state index is 11.5. The molecule has 1 aromatic rings. The van der Waals surface area contributed by atoms with Gasteiger partial charge in [0.2, 0.25) is 0 Å². The van der Waals surface area contributed by atoms with E-state index in [4.69, 9.17) is 4.74 Å². The summed E-state index contributed by atoms with van der Waals surface area (Å²) in [6.07, 6.45) is 0. The zero-order valence-corrected chi connectivity index (χ0v) is 11.8. The van der Waals surface area contributed by atoms with Crippen LogP contribution >= 0.6 is 0 Å². The van der Waals surface area contributed by atoms with Gasteiger partial charge in [-0.3, -0.25) is 4.79 Å². The predicted octanol–water partition coefficient (Wildman–Crippen LogP) is 2.98. The van der Waals surface area contributed by atoms with E-state index in [1.54, 1.807) is 13.0 Å². The molecule has 0 aliphatic heterocycles. The molecule has 0 heterocycles. The SMILES string of the molecule is CC(=O)c1ccc(C)cc1OCC(C)(O)C(C)C. The lowest BCUT2D eigenvalue weighted by Gasteiger charge is -2.27. The lowest BCUT2D eigenvalue weighted by atomic mass is 9.94. The maximum atomic E-state index is 11.5. The maximum Gasteiger partial charge on any atom is 0.163 e. The van der Waals surface area contributed by atoms with Gasteiger partial charge in [-0.2, -0.15) is 0 Å². The minimum atomic E-state index is -0.905. The van der Waals surface area contributed by atoms with Gasteiger partial charge in [-0.25, -0.2) is 0 Å². The summed E-state index contributed by atoms with van der Waals surface area (Å²) in [5.41, 5.74) is 0.678. The highest BCUT2D eigenvalue weighted by atomic mass is 16.5. The number of Topliss-reactive ketones (excluding diaryl/α,β-unsaturated/α-hetero) is 1. The van der Waals surface area contributed by atoms with Gasteiger partial charge in [0.05, 0.1) is 11.2 Å². The second-order valence-corrected chi connectivity index (χ2v) is 5.36. The number of aryl methyl sites for hydroxylation is 1. The van der Waals surface area contributed by atoms with Gasteiger partial charge in [-0.1, -0.05) is 19.9 Å². The van der Waals surface area contributed by atoms with E-state index in [9.17, 15) is 9.90 Å². The zero-order valence-electron chi connectivity index (χ0n) is 11.8. The Hall–Kier alpha value is -1.35. The largest absolute Gasteiger partial charge is 0.490 e. The molecule has 3 heteroatoms. The molecule has 0 aromatic heterocycles. The first-order valence-corrected chi connectivity index (χ1v) is 6.21. The van der Waals surface area contributed by atoms with Crippen molar-refractivity contribution in [2.24, 2.45) is 5.92 Å². The molecule has 0 bridgehead atoms. The third-order valence-electron chi connectivity index (χ3n) is 3.28. The Bertz CT molecular complexity index is 433. The first kappa shape index (κ1) is 14.7. The number of carbonyl (C=O) groups excluding carboxylic acids is 1. The average Bonchev–Trinajstić information content (AvgIpc) is 2.26. The molecule has 0 amide bonds. The number of aliphatic hydroxyl groups is 1. The number of hydrogen-bond donors (Lipinski definition) is 1. The quantitative estimate of drug-likeness (QED) is 0.817. The monoisotopic (exact) mass is 250 g/mol. The molecule has 0 saturated heterocycles. The Morgan fingerprint density at radius 3 is 2.56 bits per heavy atom. The molecule has 0 aliphatic rings. The molecule has 0 radical (unpaired) electrons. The van der Waals surface area contributed by atoms with Crippen LogP contribution in [-0.2, 0) is 0 Å². The Morgan fingerprint density at radius 1 is 1.44 bits per heavy atom. The molecule has 0 aliphatic carbocycles. The summed E-state index contributed by atoms with van der Waals surface area (Å²) in [5.74, 6) is 0.598. The van der Waals surface area contributed by atoms with Gasteiger partial charge in [-0.15, -0.1) is 0 Å². The first-order chi connectivity index (χ1) is 8.24. The van der Waals surface area contributed by atoms with Gasteiger partial charge >= 0.3 is 0 Å².